The zero-order valence-corrected chi connectivity index (χ0v) is 21.7. The van der Waals surface area contributed by atoms with Crippen LogP contribution in [0.2, 0.25) is 0 Å². The molecule has 1 aliphatic heterocycles. The van der Waals surface area contributed by atoms with Gasteiger partial charge in [0.15, 0.2) is 0 Å². The van der Waals surface area contributed by atoms with Crippen LogP contribution < -0.4 is 9.64 Å². The van der Waals surface area contributed by atoms with E-state index < -0.39 is 18.1 Å². The number of ether oxygens (including phenoxy) is 2. The number of carbonyl (C=O) groups is 1. The first-order chi connectivity index (χ1) is 18.7. The van der Waals surface area contributed by atoms with Crippen molar-refractivity contribution in [2.45, 2.75) is 38.9 Å². The summed E-state index contributed by atoms with van der Waals surface area (Å²) in [6.07, 6.45) is 0.545. The number of hydrogen-bond acceptors (Lipinski definition) is 8. The molecule has 4 aromatic rings. The van der Waals surface area contributed by atoms with Crippen LogP contribution in [-0.2, 0) is 4.74 Å². The van der Waals surface area contributed by atoms with Crippen molar-refractivity contribution < 1.29 is 27.4 Å². The molecule has 1 aliphatic rings. The highest BCUT2D eigenvalue weighted by Crippen LogP contribution is 2.36. The summed E-state index contributed by atoms with van der Waals surface area (Å²) in [7, 11) is 1.50. The number of anilines is 1. The Bertz CT molecular complexity index is 1460. The standard InChI is InChI=1S/C26H28F3N7O3/c1-4-39-24(37)18-13-30-35(15-18)25-32-21-14-31-36(22(21)23(33-25)38-3)16(2)17-5-7-20(8-6-17)34-11-9-19(10-12-34)26(27,28)29/h5-8,13-16,19H,4,9-12H2,1-3H3. The van der Waals surface area contributed by atoms with E-state index >= 15 is 0 Å². The predicted octanol–water partition coefficient (Wildman–Crippen LogP) is 4.59. The Morgan fingerprint density at radius 3 is 2.46 bits per heavy atom. The lowest BCUT2D eigenvalue weighted by molar-refractivity contribution is -0.179. The van der Waals surface area contributed by atoms with E-state index in [0.717, 1.165) is 11.3 Å². The van der Waals surface area contributed by atoms with Gasteiger partial charge in [-0.05, 0) is 44.4 Å². The van der Waals surface area contributed by atoms with Gasteiger partial charge in [0.1, 0.15) is 11.0 Å². The number of piperidine rings is 1. The van der Waals surface area contributed by atoms with Crippen molar-refractivity contribution in [2.75, 3.05) is 31.7 Å². The van der Waals surface area contributed by atoms with Crippen LogP contribution in [0.25, 0.3) is 17.0 Å². The number of benzene rings is 1. The topological polar surface area (TPSA) is 100 Å². The second-order valence-electron chi connectivity index (χ2n) is 9.32. The molecule has 1 aromatic carbocycles. The number of hydrogen-bond donors (Lipinski definition) is 0. The lowest BCUT2D eigenvalue weighted by Gasteiger charge is -2.34. The van der Waals surface area contributed by atoms with Gasteiger partial charge in [0, 0.05) is 25.0 Å². The predicted molar refractivity (Wildman–Crippen MR) is 136 cm³/mol. The van der Waals surface area contributed by atoms with Gasteiger partial charge < -0.3 is 14.4 Å². The first-order valence-corrected chi connectivity index (χ1v) is 12.6. The fourth-order valence-corrected chi connectivity index (χ4v) is 4.78. The molecule has 206 valence electrons. The van der Waals surface area contributed by atoms with Crippen molar-refractivity contribution >= 4 is 22.7 Å². The molecule has 13 heteroatoms. The molecule has 0 spiro atoms. The van der Waals surface area contributed by atoms with Gasteiger partial charge in [0.25, 0.3) is 5.95 Å². The Morgan fingerprint density at radius 1 is 1.10 bits per heavy atom. The minimum Gasteiger partial charge on any atom is -0.479 e. The number of methoxy groups -OCH3 is 1. The number of esters is 1. The molecule has 0 bridgehead atoms. The summed E-state index contributed by atoms with van der Waals surface area (Å²) in [4.78, 5) is 23.0. The monoisotopic (exact) mass is 543 g/mol. The number of alkyl halides is 3. The van der Waals surface area contributed by atoms with Crippen molar-refractivity contribution in [3.8, 4) is 11.8 Å². The Labute approximate surface area is 222 Å². The molecule has 1 unspecified atom stereocenters. The van der Waals surface area contributed by atoms with E-state index in [-0.39, 0.29) is 42.9 Å². The molecule has 0 aliphatic carbocycles. The zero-order chi connectivity index (χ0) is 27.7. The normalized spacial score (nSPS) is 15.5. The van der Waals surface area contributed by atoms with Gasteiger partial charge in [0.05, 0.1) is 43.6 Å². The molecule has 5 rings (SSSR count). The van der Waals surface area contributed by atoms with Gasteiger partial charge >= 0.3 is 12.1 Å². The highest BCUT2D eigenvalue weighted by atomic mass is 19.4. The van der Waals surface area contributed by atoms with Gasteiger partial charge in [-0.2, -0.15) is 28.4 Å². The number of fused-ring (bicyclic) bond motifs is 1. The Morgan fingerprint density at radius 2 is 1.82 bits per heavy atom. The van der Waals surface area contributed by atoms with Gasteiger partial charge in [-0.25, -0.2) is 14.5 Å². The summed E-state index contributed by atoms with van der Waals surface area (Å²) in [6, 6.07) is 7.54. The third-order valence-corrected chi connectivity index (χ3v) is 6.96. The van der Waals surface area contributed by atoms with Crippen LogP contribution in [0.1, 0.15) is 48.7 Å². The van der Waals surface area contributed by atoms with E-state index in [0.29, 0.717) is 24.1 Å². The molecule has 39 heavy (non-hydrogen) atoms. The molecule has 1 fully saturated rings. The van der Waals surface area contributed by atoms with Crippen molar-refractivity contribution in [1.82, 2.24) is 29.5 Å². The van der Waals surface area contributed by atoms with Crippen LogP contribution in [0, 0.1) is 5.92 Å². The van der Waals surface area contributed by atoms with E-state index in [1.165, 1.54) is 24.2 Å². The molecule has 1 saturated heterocycles. The van der Waals surface area contributed by atoms with Crippen LogP contribution in [-0.4, -0.2) is 68.5 Å². The first kappa shape index (κ1) is 26.4. The van der Waals surface area contributed by atoms with Crippen molar-refractivity contribution in [2.24, 2.45) is 5.92 Å². The summed E-state index contributed by atoms with van der Waals surface area (Å²) >= 11 is 0. The zero-order valence-electron chi connectivity index (χ0n) is 21.7. The van der Waals surface area contributed by atoms with E-state index in [2.05, 4.69) is 20.2 Å². The van der Waals surface area contributed by atoms with Gasteiger partial charge in [-0.15, -0.1) is 0 Å². The second-order valence-corrected chi connectivity index (χ2v) is 9.32. The van der Waals surface area contributed by atoms with Crippen LogP contribution in [0.4, 0.5) is 18.9 Å². The largest absolute Gasteiger partial charge is 0.479 e. The lowest BCUT2D eigenvalue weighted by atomic mass is 9.96. The minimum atomic E-state index is -4.13. The van der Waals surface area contributed by atoms with Crippen molar-refractivity contribution in [1.29, 1.82) is 0 Å². The maximum atomic E-state index is 13.0. The molecule has 1 atom stereocenters. The second kappa shape index (κ2) is 10.5. The number of nitrogens with zero attached hydrogens (tertiary/aromatic N) is 7. The Hall–Kier alpha value is -4.16. The molecule has 4 heterocycles. The lowest BCUT2D eigenvalue weighted by Crippen LogP contribution is -2.39. The first-order valence-electron chi connectivity index (χ1n) is 12.6. The molecule has 3 aromatic heterocycles. The third kappa shape index (κ3) is 5.25. The van der Waals surface area contributed by atoms with E-state index in [4.69, 9.17) is 9.47 Å². The summed E-state index contributed by atoms with van der Waals surface area (Å²) in [5.74, 6) is -1.22. The molecular formula is C26H28F3N7O3. The number of carbonyl (C=O) groups excluding carboxylic acids is 1. The van der Waals surface area contributed by atoms with Crippen LogP contribution in [0.5, 0.6) is 5.88 Å². The summed E-state index contributed by atoms with van der Waals surface area (Å²) in [5.41, 5.74) is 3.23. The quantitative estimate of drug-likeness (QED) is 0.312. The van der Waals surface area contributed by atoms with Gasteiger partial charge in [-0.3, -0.25) is 4.68 Å². The fourth-order valence-electron chi connectivity index (χ4n) is 4.78. The van der Waals surface area contributed by atoms with Crippen LogP contribution in [0.3, 0.4) is 0 Å². The van der Waals surface area contributed by atoms with E-state index in [9.17, 15) is 18.0 Å². The SMILES string of the molecule is CCOC(=O)c1cnn(-c2nc(OC)c3c(cnn3C(C)c3ccc(N4CCC(C(F)(F)F)CC4)cc3)n2)c1. The van der Waals surface area contributed by atoms with Crippen molar-refractivity contribution in [3.05, 3.63) is 54.0 Å². The average Bonchev–Trinajstić information content (AvgIpc) is 3.60. The average molecular weight is 544 g/mol. The van der Waals surface area contributed by atoms with Gasteiger partial charge in [0.2, 0.25) is 5.88 Å². The van der Waals surface area contributed by atoms with Crippen molar-refractivity contribution in [3.63, 3.8) is 0 Å². The summed E-state index contributed by atoms with van der Waals surface area (Å²) in [6.45, 7) is 4.69. The van der Waals surface area contributed by atoms with Gasteiger partial charge in [-0.1, -0.05) is 12.1 Å². The molecule has 0 N–H and O–H groups in total. The Kier molecular flexibility index (Phi) is 7.15. The Balaban J connectivity index is 1.37. The molecule has 10 nitrogen and oxygen atoms in total. The molecular weight excluding hydrogens is 515 g/mol. The maximum Gasteiger partial charge on any atom is 0.391 e. The summed E-state index contributed by atoms with van der Waals surface area (Å²) < 4.78 is 52.7. The summed E-state index contributed by atoms with van der Waals surface area (Å²) in [5, 5.41) is 8.70. The highest BCUT2D eigenvalue weighted by molar-refractivity contribution is 5.88. The molecule has 0 amide bonds. The smallest absolute Gasteiger partial charge is 0.391 e. The highest BCUT2D eigenvalue weighted by Gasteiger charge is 2.41. The van der Waals surface area contributed by atoms with E-state index in [1.54, 1.807) is 17.8 Å². The fraction of sp³-hybridized carbons (Fsp3) is 0.423. The molecule has 0 saturated carbocycles. The number of rotatable bonds is 7. The minimum absolute atomic E-state index is 0.103. The third-order valence-electron chi connectivity index (χ3n) is 6.96. The maximum absolute atomic E-state index is 13.0. The number of halogens is 3. The number of aromatic nitrogens is 6. The molecule has 0 radical (unpaired) electrons. The van der Waals surface area contributed by atoms with E-state index in [1.807, 2.05) is 36.1 Å². The van der Waals surface area contributed by atoms with Crippen LogP contribution in [0.15, 0.2) is 42.9 Å². The van der Waals surface area contributed by atoms with Crippen LogP contribution >= 0.6 is 0 Å².